The standard InChI is InChI=1S/C14H18FNO2/c1-18-10-5-6-12(13(15)7-10)14(17)11-4-2-3-9(11)8-16/h5-7,9,11H,2-4,8,16H2,1H3. The van der Waals surface area contributed by atoms with Crippen molar-refractivity contribution < 1.29 is 13.9 Å². The Hall–Kier alpha value is -1.42. The molecule has 4 heteroatoms. The van der Waals surface area contributed by atoms with E-state index in [4.69, 9.17) is 10.5 Å². The molecule has 1 aromatic rings. The van der Waals surface area contributed by atoms with E-state index in [-0.39, 0.29) is 23.2 Å². The number of nitrogens with two attached hydrogens (primary N) is 1. The number of carbonyl (C=O) groups is 1. The molecule has 3 nitrogen and oxygen atoms in total. The van der Waals surface area contributed by atoms with E-state index in [0.717, 1.165) is 19.3 Å². The molecule has 0 aromatic heterocycles. The molecule has 0 aliphatic heterocycles. The number of ketones is 1. The number of methoxy groups -OCH3 is 1. The Kier molecular flexibility index (Phi) is 3.97. The van der Waals surface area contributed by atoms with Gasteiger partial charge in [-0.15, -0.1) is 0 Å². The Morgan fingerprint density at radius 1 is 1.50 bits per heavy atom. The summed E-state index contributed by atoms with van der Waals surface area (Å²) in [7, 11) is 1.47. The van der Waals surface area contributed by atoms with Gasteiger partial charge in [-0.05, 0) is 37.4 Å². The molecule has 2 rings (SSSR count). The highest BCUT2D eigenvalue weighted by molar-refractivity contribution is 5.98. The summed E-state index contributed by atoms with van der Waals surface area (Å²) in [5, 5.41) is 0. The number of rotatable bonds is 4. The van der Waals surface area contributed by atoms with Gasteiger partial charge in [0.1, 0.15) is 11.6 Å². The maximum Gasteiger partial charge on any atom is 0.169 e. The van der Waals surface area contributed by atoms with Crippen molar-refractivity contribution in [3.8, 4) is 5.75 Å². The Labute approximate surface area is 106 Å². The van der Waals surface area contributed by atoms with E-state index in [9.17, 15) is 9.18 Å². The van der Waals surface area contributed by atoms with Gasteiger partial charge in [-0.25, -0.2) is 4.39 Å². The highest BCUT2D eigenvalue weighted by Gasteiger charge is 2.33. The van der Waals surface area contributed by atoms with Gasteiger partial charge in [0.2, 0.25) is 0 Å². The molecule has 0 radical (unpaired) electrons. The third-order valence-electron chi connectivity index (χ3n) is 3.74. The first-order valence-corrected chi connectivity index (χ1v) is 6.25. The van der Waals surface area contributed by atoms with E-state index < -0.39 is 5.82 Å². The molecule has 98 valence electrons. The second-order valence-electron chi connectivity index (χ2n) is 4.74. The summed E-state index contributed by atoms with van der Waals surface area (Å²) in [6.45, 7) is 0.494. The van der Waals surface area contributed by atoms with Crippen molar-refractivity contribution in [3.63, 3.8) is 0 Å². The van der Waals surface area contributed by atoms with Crippen molar-refractivity contribution in [2.24, 2.45) is 17.6 Å². The zero-order valence-corrected chi connectivity index (χ0v) is 10.5. The molecule has 0 saturated heterocycles. The lowest BCUT2D eigenvalue weighted by Crippen LogP contribution is -2.25. The van der Waals surface area contributed by atoms with Crippen LogP contribution in [0.2, 0.25) is 0 Å². The number of Topliss-reactive ketones (excluding diaryl/α,β-unsaturated/α-hetero) is 1. The highest BCUT2D eigenvalue weighted by Crippen LogP contribution is 2.34. The fourth-order valence-electron chi connectivity index (χ4n) is 2.69. The van der Waals surface area contributed by atoms with Crippen molar-refractivity contribution in [1.82, 2.24) is 0 Å². The van der Waals surface area contributed by atoms with Crippen LogP contribution in [0.5, 0.6) is 5.75 Å². The van der Waals surface area contributed by atoms with Gasteiger partial charge in [0.25, 0.3) is 0 Å². The van der Waals surface area contributed by atoms with Crippen LogP contribution in [0.3, 0.4) is 0 Å². The molecule has 1 aromatic carbocycles. The van der Waals surface area contributed by atoms with E-state index in [1.807, 2.05) is 0 Å². The molecule has 2 atom stereocenters. The predicted octanol–water partition coefficient (Wildman–Crippen LogP) is 2.39. The van der Waals surface area contributed by atoms with Crippen LogP contribution >= 0.6 is 0 Å². The molecule has 2 unspecified atom stereocenters. The molecule has 0 heterocycles. The van der Waals surface area contributed by atoms with Gasteiger partial charge < -0.3 is 10.5 Å². The lowest BCUT2D eigenvalue weighted by molar-refractivity contribution is 0.0889. The maximum absolute atomic E-state index is 13.8. The zero-order valence-electron chi connectivity index (χ0n) is 10.5. The maximum atomic E-state index is 13.8. The summed E-state index contributed by atoms with van der Waals surface area (Å²) < 4.78 is 18.8. The van der Waals surface area contributed by atoms with E-state index in [1.54, 1.807) is 6.07 Å². The molecule has 2 N–H and O–H groups in total. The summed E-state index contributed by atoms with van der Waals surface area (Å²) in [6, 6.07) is 4.37. The van der Waals surface area contributed by atoms with E-state index >= 15 is 0 Å². The molecular formula is C14H18FNO2. The smallest absolute Gasteiger partial charge is 0.169 e. The van der Waals surface area contributed by atoms with Crippen LogP contribution in [0.1, 0.15) is 29.6 Å². The minimum Gasteiger partial charge on any atom is -0.497 e. The Morgan fingerprint density at radius 2 is 2.28 bits per heavy atom. The molecule has 1 saturated carbocycles. The first-order valence-electron chi connectivity index (χ1n) is 6.25. The van der Waals surface area contributed by atoms with E-state index in [1.165, 1.54) is 19.2 Å². The summed E-state index contributed by atoms with van der Waals surface area (Å²) in [5.74, 6) is -0.145. The normalized spacial score (nSPS) is 23.1. The van der Waals surface area contributed by atoms with Gasteiger partial charge in [0.15, 0.2) is 5.78 Å². The summed E-state index contributed by atoms with van der Waals surface area (Å²) in [6.07, 6.45) is 2.77. The fraction of sp³-hybridized carbons (Fsp3) is 0.500. The van der Waals surface area contributed by atoms with Crippen molar-refractivity contribution in [2.75, 3.05) is 13.7 Å². The van der Waals surface area contributed by atoms with Gasteiger partial charge in [-0.2, -0.15) is 0 Å². The monoisotopic (exact) mass is 251 g/mol. The largest absolute Gasteiger partial charge is 0.497 e. The molecule has 0 bridgehead atoms. The topological polar surface area (TPSA) is 52.3 Å². The number of halogens is 1. The first-order chi connectivity index (χ1) is 8.67. The Morgan fingerprint density at radius 3 is 2.89 bits per heavy atom. The van der Waals surface area contributed by atoms with Crippen LogP contribution in [-0.2, 0) is 0 Å². The molecule has 0 amide bonds. The van der Waals surface area contributed by atoms with Gasteiger partial charge in [0.05, 0.1) is 12.7 Å². The molecule has 1 fully saturated rings. The van der Waals surface area contributed by atoms with E-state index in [2.05, 4.69) is 0 Å². The quantitative estimate of drug-likeness (QED) is 0.836. The van der Waals surface area contributed by atoms with Crippen molar-refractivity contribution in [2.45, 2.75) is 19.3 Å². The summed E-state index contributed by atoms with van der Waals surface area (Å²) >= 11 is 0. The summed E-state index contributed by atoms with van der Waals surface area (Å²) in [5.41, 5.74) is 5.81. The minimum atomic E-state index is -0.512. The number of ether oxygens (including phenoxy) is 1. The second kappa shape index (κ2) is 5.48. The molecule has 18 heavy (non-hydrogen) atoms. The lowest BCUT2D eigenvalue weighted by Gasteiger charge is -2.17. The average Bonchev–Trinajstić information content (AvgIpc) is 2.86. The van der Waals surface area contributed by atoms with Gasteiger partial charge in [-0.1, -0.05) is 6.42 Å². The third kappa shape index (κ3) is 2.38. The SMILES string of the molecule is COc1ccc(C(=O)C2CCCC2CN)c(F)c1. The molecule has 1 aliphatic carbocycles. The number of benzene rings is 1. The van der Waals surface area contributed by atoms with Crippen LogP contribution in [-0.4, -0.2) is 19.4 Å². The molecule has 0 spiro atoms. The van der Waals surface area contributed by atoms with Crippen molar-refractivity contribution >= 4 is 5.78 Å². The van der Waals surface area contributed by atoms with Crippen LogP contribution < -0.4 is 10.5 Å². The first kappa shape index (κ1) is 13.0. The Balaban J connectivity index is 2.23. The average molecular weight is 251 g/mol. The van der Waals surface area contributed by atoms with Crippen LogP contribution in [0.4, 0.5) is 4.39 Å². The highest BCUT2D eigenvalue weighted by atomic mass is 19.1. The third-order valence-corrected chi connectivity index (χ3v) is 3.74. The van der Waals surface area contributed by atoms with Crippen molar-refractivity contribution in [3.05, 3.63) is 29.6 Å². The van der Waals surface area contributed by atoms with Crippen molar-refractivity contribution in [1.29, 1.82) is 0 Å². The Bertz CT molecular complexity index is 447. The van der Waals surface area contributed by atoms with Gasteiger partial charge in [0, 0.05) is 12.0 Å². The molecular weight excluding hydrogens is 233 g/mol. The lowest BCUT2D eigenvalue weighted by atomic mass is 9.88. The van der Waals surface area contributed by atoms with Crippen LogP contribution in [0.25, 0.3) is 0 Å². The summed E-state index contributed by atoms with van der Waals surface area (Å²) in [4.78, 5) is 12.3. The number of carbonyl (C=O) groups excluding carboxylic acids is 1. The minimum absolute atomic E-state index is 0.122. The van der Waals surface area contributed by atoms with Gasteiger partial charge in [-0.3, -0.25) is 4.79 Å². The fourth-order valence-corrected chi connectivity index (χ4v) is 2.69. The van der Waals surface area contributed by atoms with Crippen LogP contribution in [0.15, 0.2) is 18.2 Å². The van der Waals surface area contributed by atoms with E-state index in [0.29, 0.717) is 12.3 Å². The predicted molar refractivity (Wildman–Crippen MR) is 67.2 cm³/mol. The second-order valence-corrected chi connectivity index (χ2v) is 4.74. The zero-order chi connectivity index (χ0) is 13.1. The van der Waals surface area contributed by atoms with Gasteiger partial charge >= 0.3 is 0 Å². The van der Waals surface area contributed by atoms with Crippen LogP contribution in [0, 0.1) is 17.7 Å². The number of hydrogen-bond donors (Lipinski definition) is 1. The molecule has 1 aliphatic rings. The number of hydrogen-bond acceptors (Lipinski definition) is 3.